The van der Waals surface area contributed by atoms with E-state index in [1.54, 1.807) is 18.4 Å². The average molecular weight is 387 g/mol. The highest BCUT2D eigenvalue weighted by molar-refractivity contribution is 7.22. The smallest absolute Gasteiger partial charge is 0.255 e. The van der Waals surface area contributed by atoms with Crippen molar-refractivity contribution in [1.29, 1.82) is 0 Å². The maximum absolute atomic E-state index is 12.8. The van der Waals surface area contributed by atoms with Crippen molar-refractivity contribution >= 4 is 32.6 Å². The van der Waals surface area contributed by atoms with Crippen molar-refractivity contribution in [3.8, 4) is 5.75 Å². The Morgan fingerprint density at radius 1 is 1.22 bits per heavy atom. The van der Waals surface area contributed by atoms with Crippen LogP contribution in [0.2, 0.25) is 0 Å². The predicted molar refractivity (Wildman–Crippen MR) is 108 cm³/mol. The molecule has 3 fully saturated rings. The van der Waals surface area contributed by atoms with E-state index in [2.05, 4.69) is 15.5 Å². The van der Waals surface area contributed by atoms with Gasteiger partial charge >= 0.3 is 0 Å². The number of rotatable bonds is 4. The van der Waals surface area contributed by atoms with Crippen LogP contribution in [0.1, 0.15) is 48.9 Å². The Labute approximate surface area is 163 Å². The first kappa shape index (κ1) is 17.3. The van der Waals surface area contributed by atoms with E-state index in [0.29, 0.717) is 29.4 Å². The number of fused-ring (bicyclic) bond motifs is 3. The van der Waals surface area contributed by atoms with E-state index >= 15 is 0 Å². The third kappa shape index (κ3) is 2.97. The molecule has 2 N–H and O–H groups in total. The van der Waals surface area contributed by atoms with Gasteiger partial charge in [-0.3, -0.25) is 4.79 Å². The molecular formula is C20H26N4O2S. The Hall–Kier alpha value is -1.86. The standard InChI is InChI=1S/C20H26N4O2S/c1-26-17-15(19(25)22-12-4-2-3-5-12)8-9-16-18(17)27-20(23-16)24-13-6-7-14(24)11-21-10-13/h8-9,12-14,21H,2-7,10-11H2,1H3,(H,22,25)/t13-,14?/m1/s1. The Balaban J connectivity index is 1.48. The maximum Gasteiger partial charge on any atom is 0.255 e. The second-order valence-corrected chi connectivity index (χ2v) is 8.87. The van der Waals surface area contributed by atoms with Gasteiger partial charge in [0.2, 0.25) is 0 Å². The van der Waals surface area contributed by atoms with Crippen molar-refractivity contribution in [2.24, 2.45) is 0 Å². The van der Waals surface area contributed by atoms with E-state index in [4.69, 9.17) is 9.72 Å². The zero-order chi connectivity index (χ0) is 18.4. The fourth-order valence-corrected chi connectivity index (χ4v) is 6.11. The van der Waals surface area contributed by atoms with Crippen molar-refractivity contribution in [2.75, 3.05) is 25.1 Å². The summed E-state index contributed by atoms with van der Waals surface area (Å²) >= 11 is 1.66. The van der Waals surface area contributed by atoms with Crippen LogP contribution < -0.4 is 20.3 Å². The fourth-order valence-electron chi connectivity index (χ4n) is 4.87. The van der Waals surface area contributed by atoms with Crippen LogP contribution in [0.25, 0.3) is 10.2 Å². The monoisotopic (exact) mass is 386 g/mol. The van der Waals surface area contributed by atoms with Gasteiger partial charge in [0.15, 0.2) is 10.9 Å². The Bertz CT molecular complexity index is 845. The van der Waals surface area contributed by atoms with Crippen LogP contribution in [0, 0.1) is 0 Å². The lowest BCUT2D eigenvalue weighted by Gasteiger charge is -2.35. The summed E-state index contributed by atoms with van der Waals surface area (Å²) in [5.41, 5.74) is 1.54. The molecule has 0 spiro atoms. The normalized spacial score (nSPS) is 25.3. The van der Waals surface area contributed by atoms with Gasteiger partial charge < -0.3 is 20.3 Å². The predicted octanol–water partition coefficient (Wildman–Crippen LogP) is 2.92. The fraction of sp³-hybridized carbons (Fsp3) is 0.600. The van der Waals surface area contributed by atoms with Gasteiger partial charge in [-0.2, -0.15) is 0 Å². The quantitative estimate of drug-likeness (QED) is 0.846. The molecule has 2 saturated heterocycles. The van der Waals surface area contributed by atoms with Gasteiger partial charge in [0, 0.05) is 31.2 Å². The van der Waals surface area contributed by atoms with E-state index < -0.39 is 0 Å². The number of anilines is 1. The summed E-state index contributed by atoms with van der Waals surface area (Å²) in [6, 6.07) is 5.18. The molecule has 6 nitrogen and oxygen atoms in total. The van der Waals surface area contributed by atoms with Crippen molar-refractivity contribution in [3.63, 3.8) is 0 Å². The number of ether oxygens (including phenoxy) is 1. The minimum Gasteiger partial charge on any atom is -0.494 e. The van der Waals surface area contributed by atoms with Crippen LogP contribution in [0.3, 0.4) is 0 Å². The summed E-state index contributed by atoms with van der Waals surface area (Å²) in [6.07, 6.45) is 7.00. The van der Waals surface area contributed by atoms with Gasteiger partial charge in [-0.1, -0.05) is 24.2 Å². The molecule has 3 aliphatic rings. The van der Waals surface area contributed by atoms with E-state index in [0.717, 1.165) is 41.3 Å². The van der Waals surface area contributed by atoms with Crippen LogP contribution in [-0.2, 0) is 0 Å². The summed E-state index contributed by atoms with van der Waals surface area (Å²) in [5.74, 6) is 0.632. The lowest BCUT2D eigenvalue weighted by atomic mass is 10.1. The third-order valence-electron chi connectivity index (χ3n) is 6.24. The molecule has 1 aromatic heterocycles. The molecule has 2 aromatic rings. The van der Waals surface area contributed by atoms with Crippen molar-refractivity contribution in [3.05, 3.63) is 17.7 Å². The molecule has 2 atom stereocenters. The summed E-state index contributed by atoms with van der Waals surface area (Å²) in [5, 5.41) is 7.75. The lowest BCUT2D eigenvalue weighted by molar-refractivity contribution is 0.0935. The van der Waals surface area contributed by atoms with Crippen LogP contribution in [0.4, 0.5) is 5.13 Å². The first-order valence-corrected chi connectivity index (χ1v) is 10.8. The molecule has 0 radical (unpaired) electrons. The Kier molecular flexibility index (Phi) is 4.44. The van der Waals surface area contributed by atoms with Crippen LogP contribution in [0.5, 0.6) is 5.75 Å². The van der Waals surface area contributed by atoms with Gasteiger partial charge in [-0.05, 0) is 37.8 Å². The van der Waals surface area contributed by atoms with Gasteiger partial charge in [0.25, 0.3) is 5.91 Å². The number of nitrogens with one attached hydrogen (secondary N) is 2. The molecule has 1 aliphatic carbocycles. The molecule has 5 rings (SSSR count). The summed E-state index contributed by atoms with van der Waals surface area (Å²) in [7, 11) is 1.65. The molecular weight excluding hydrogens is 360 g/mol. The molecule has 1 unspecified atom stereocenters. The van der Waals surface area contributed by atoms with Crippen molar-refractivity contribution in [2.45, 2.75) is 56.7 Å². The molecule has 7 heteroatoms. The van der Waals surface area contributed by atoms with Gasteiger partial charge in [-0.25, -0.2) is 4.98 Å². The molecule has 2 bridgehead atoms. The summed E-state index contributed by atoms with van der Waals surface area (Å²) < 4.78 is 6.67. The van der Waals surface area contributed by atoms with Crippen molar-refractivity contribution in [1.82, 2.24) is 15.6 Å². The molecule has 1 aromatic carbocycles. The van der Waals surface area contributed by atoms with E-state index in [-0.39, 0.29) is 5.91 Å². The highest BCUT2D eigenvalue weighted by atomic mass is 32.1. The third-order valence-corrected chi connectivity index (χ3v) is 7.32. The molecule has 2 aliphatic heterocycles. The lowest BCUT2D eigenvalue weighted by Crippen LogP contribution is -2.51. The van der Waals surface area contributed by atoms with Crippen LogP contribution in [-0.4, -0.2) is 49.2 Å². The van der Waals surface area contributed by atoms with E-state index in [9.17, 15) is 4.79 Å². The van der Waals surface area contributed by atoms with Gasteiger partial charge in [0.05, 0.1) is 22.9 Å². The molecule has 1 amide bonds. The minimum atomic E-state index is -0.0298. The number of carbonyl (C=O) groups is 1. The SMILES string of the molecule is COc1c(C(=O)NC2CCCC2)ccc2nc(N3C4CC[C@@H]3CNC4)sc12. The molecule has 1 saturated carbocycles. The number of amides is 1. The number of piperazine rings is 1. The number of hydrogen-bond acceptors (Lipinski definition) is 6. The van der Waals surface area contributed by atoms with E-state index in [1.807, 2.05) is 12.1 Å². The second-order valence-electron chi connectivity index (χ2n) is 7.90. The number of methoxy groups -OCH3 is 1. The topological polar surface area (TPSA) is 66.5 Å². The highest BCUT2D eigenvalue weighted by Gasteiger charge is 2.38. The second kappa shape index (κ2) is 6.95. The largest absolute Gasteiger partial charge is 0.494 e. The van der Waals surface area contributed by atoms with Crippen LogP contribution >= 0.6 is 11.3 Å². The van der Waals surface area contributed by atoms with Gasteiger partial charge in [-0.15, -0.1) is 0 Å². The molecule has 27 heavy (non-hydrogen) atoms. The first-order chi connectivity index (χ1) is 13.2. The first-order valence-electron chi connectivity index (χ1n) is 10.0. The Morgan fingerprint density at radius 2 is 1.96 bits per heavy atom. The van der Waals surface area contributed by atoms with Gasteiger partial charge in [0.1, 0.15) is 0 Å². The van der Waals surface area contributed by atoms with Crippen molar-refractivity contribution < 1.29 is 9.53 Å². The summed E-state index contributed by atoms with van der Waals surface area (Å²) in [6.45, 7) is 2.05. The number of hydrogen-bond donors (Lipinski definition) is 2. The van der Waals surface area contributed by atoms with Crippen LogP contribution in [0.15, 0.2) is 12.1 Å². The number of carbonyl (C=O) groups excluding carboxylic acids is 1. The molecule has 144 valence electrons. The zero-order valence-corrected chi connectivity index (χ0v) is 16.5. The minimum absolute atomic E-state index is 0.0298. The maximum atomic E-state index is 12.8. The number of benzene rings is 1. The zero-order valence-electron chi connectivity index (χ0n) is 15.7. The average Bonchev–Trinajstić information content (AvgIpc) is 3.38. The highest BCUT2D eigenvalue weighted by Crippen LogP contribution is 2.41. The number of thiazole rings is 1. The Morgan fingerprint density at radius 3 is 2.67 bits per heavy atom. The van der Waals surface area contributed by atoms with E-state index in [1.165, 1.54) is 25.7 Å². The molecule has 3 heterocycles. The summed E-state index contributed by atoms with van der Waals surface area (Å²) in [4.78, 5) is 20.2. The number of nitrogens with zero attached hydrogens (tertiary/aromatic N) is 2. The number of aromatic nitrogens is 1.